The van der Waals surface area contributed by atoms with Gasteiger partial charge in [-0.25, -0.2) is 0 Å². The summed E-state index contributed by atoms with van der Waals surface area (Å²) in [7, 11) is 0. The summed E-state index contributed by atoms with van der Waals surface area (Å²) in [5.74, 6) is -0.628. The fourth-order valence-electron chi connectivity index (χ4n) is 0.993. The van der Waals surface area contributed by atoms with Gasteiger partial charge in [0.15, 0.2) is 11.3 Å². The monoisotopic (exact) mass is 211 g/mol. The van der Waals surface area contributed by atoms with E-state index < -0.39 is 5.50 Å². The third kappa shape index (κ3) is 2.85. The smallest absolute Gasteiger partial charge is 0.218 e. The van der Waals surface area contributed by atoms with Crippen molar-refractivity contribution < 1.29 is 9.59 Å². The van der Waals surface area contributed by atoms with Gasteiger partial charge in [0.25, 0.3) is 0 Å². The first-order valence-electron chi connectivity index (χ1n) is 4.11. The summed E-state index contributed by atoms with van der Waals surface area (Å²) in [5, 5.41) is 2.32. The Bertz CT molecular complexity index is 337. The maximum absolute atomic E-state index is 11.5. The summed E-state index contributed by atoms with van der Waals surface area (Å²) < 4.78 is 0. The van der Waals surface area contributed by atoms with E-state index in [2.05, 4.69) is 5.32 Å². The normalized spacial score (nSPS) is 11.9. The molecule has 0 bridgehead atoms. The molecule has 1 aromatic rings. The first-order valence-corrected chi connectivity index (χ1v) is 4.55. The molecule has 1 atom stereocenters. The molecule has 4 heteroatoms. The average Bonchev–Trinajstić information content (AvgIpc) is 2.17. The number of rotatable bonds is 3. The van der Waals surface area contributed by atoms with Crippen LogP contribution in [0.1, 0.15) is 17.3 Å². The lowest BCUT2D eigenvalue weighted by atomic mass is 10.1. The molecule has 1 aromatic carbocycles. The third-order valence-corrected chi connectivity index (χ3v) is 1.93. The van der Waals surface area contributed by atoms with Gasteiger partial charge in [-0.3, -0.25) is 9.59 Å². The Labute approximate surface area is 87.1 Å². The van der Waals surface area contributed by atoms with Gasteiger partial charge in [-0.15, -0.1) is 0 Å². The molecule has 0 fully saturated rings. The molecule has 14 heavy (non-hydrogen) atoms. The largest absolute Gasteiger partial charge is 0.334 e. The number of Topliss-reactive ketones (excluding diaryl/α,β-unsaturated/α-hetero) is 1. The Hall–Kier alpha value is -1.35. The lowest BCUT2D eigenvalue weighted by Crippen LogP contribution is -2.35. The fourth-order valence-corrected chi connectivity index (χ4v) is 1.27. The molecular formula is C10H10ClNO2. The first-order chi connectivity index (χ1) is 6.61. The van der Waals surface area contributed by atoms with Crippen molar-refractivity contribution in [3.8, 4) is 0 Å². The lowest BCUT2D eigenvalue weighted by molar-refractivity contribution is -0.119. The molecule has 0 saturated heterocycles. The van der Waals surface area contributed by atoms with Crippen LogP contribution in [0.15, 0.2) is 30.3 Å². The molecule has 0 aliphatic heterocycles. The number of halogens is 1. The van der Waals surface area contributed by atoms with Crippen molar-refractivity contribution in [1.82, 2.24) is 5.32 Å². The molecule has 0 aromatic heterocycles. The molecular weight excluding hydrogens is 202 g/mol. The highest BCUT2D eigenvalue weighted by molar-refractivity contribution is 6.34. The lowest BCUT2D eigenvalue weighted by Gasteiger charge is -2.08. The molecule has 0 radical (unpaired) electrons. The second kappa shape index (κ2) is 4.77. The van der Waals surface area contributed by atoms with Crippen molar-refractivity contribution in [2.24, 2.45) is 0 Å². The van der Waals surface area contributed by atoms with Crippen LogP contribution >= 0.6 is 11.6 Å². The van der Waals surface area contributed by atoms with Crippen LogP contribution in [0.25, 0.3) is 0 Å². The molecule has 0 spiro atoms. The summed E-state index contributed by atoms with van der Waals surface area (Å²) in [5.41, 5.74) is -0.504. The minimum Gasteiger partial charge on any atom is -0.334 e. The van der Waals surface area contributed by atoms with E-state index in [0.29, 0.717) is 5.56 Å². The molecule has 3 nitrogen and oxygen atoms in total. The van der Waals surface area contributed by atoms with Crippen LogP contribution in [-0.2, 0) is 4.79 Å². The molecule has 0 unspecified atom stereocenters. The predicted molar refractivity (Wildman–Crippen MR) is 54.2 cm³/mol. The van der Waals surface area contributed by atoms with E-state index >= 15 is 0 Å². The standard InChI is InChI=1S/C10H10ClNO2/c1-7(13)12-10(11)9(14)8-5-3-2-4-6-8/h2-6,10H,1H3,(H,12,13)/t10-/m1/s1. The van der Waals surface area contributed by atoms with Crippen molar-refractivity contribution in [1.29, 1.82) is 0 Å². The minimum atomic E-state index is -0.991. The van der Waals surface area contributed by atoms with Crippen molar-refractivity contribution in [3.63, 3.8) is 0 Å². The minimum absolute atomic E-state index is 0.303. The van der Waals surface area contributed by atoms with E-state index in [4.69, 9.17) is 11.6 Å². The highest BCUT2D eigenvalue weighted by Gasteiger charge is 2.17. The highest BCUT2D eigenvalue weighted by atomic mass is 35.5. The van der Waals surface area contributed by atoms with Crippen LogP contribution in [0, 0.1) is 0 Å². The summed E-state index contributed by atoms with van der Waals surface area (Å²) in [6.07, 6.45) is 0. The quantitative estimate of drug-likeness (QED) is 0.469. The van der Waals surface area contributed by atoms with E-state index in [0.717, 1.165) is 0 Å². The first kappa shape index (κ1) is 10.7. The van der Waals surface area contributed by atoms with Gasteiger partial charge < -0.3 is 5.32 Å². The van der Waals surface area contributed by atoms with Crippen LogP contribution in [0.5, 0.6) is 0 Å². The average molecular weight is 212 g/mol. The van der Waals surface area contributed by atoms with Gasteiger partial charge >= 0.3 is 0 Å². The Balaban J connectivity index is 2.71. The van der Waals surface area contributed by atoms with Crippen LogP contribution in [0.4, 0.5) is 0 Å². The summed E-state index contributed by atoms with van der Waals surface area (Å²) in [6.45, 7) is 1.31. The van der Waals surface area contributed by atoms with Crippen molar-refractivity contribution in [2.75, 3.05) is 0 Å². The third-order valence-electron chi connectivity index (χ3n) is 1.62. The number of ketones is 1. The van der Waals surface area contributed by atoms with E-state index in [1.165, 1.54) is 6.92 Å². The van der Waals surface area contributed by atoms with Crippen LogP contribution in [-0.4, -0.2) is 17.2 Å². The molecule has 0 aliphatic carbocycles. The van der Waals surface area contributed by atoms with Crippen LogP contribution < -0.4 is 5.32 Å². The van der Waals surface area contributed by atoms with E-state index in [1.807, 2.05) is 0 Å². The van der Waals surface area contributed by atoms with Gasteiger partial charge in [0.1, 0.15) is 0 Å². The number of carbonyl (C=O) groups excluding carboxylic acids is 2. The van der Waals surface area contributed by atoms with Crippen LogP contribution in [0.3, 0.4) is 0 Å². The zero-order valence-corrected chi connectivity index (χ0v) is 8.41. The second-order valence-electron chi connectivity index (χ2n) is 2.79. The molecule has 1 N–H and O–H groups in total. The summed E-state index contributed by atoms with van der Waals surface area (Å²) >= 11 is 5.68. The maximum Gasteiger partial charge on any atom is 0.218 e. The molecule has 0 aliphatic rings. The summed E-state index contributed by atoms with van der Waals surface area (Å²) in [4.78, 5) is 22.2. The fraction of sp³-hybridized carbons (Fsp3) is 0.200. The molecule has 0 heterocycles. The maximum atomic E-state index is 11.5. The van der Waals surface area contributed by atoms with Crippen LogP contribution in [0.2, 0.25) is 0 Å². The van der Waals surface area contributed by atoms with Gasteiger partial charge in [-0.1, -0.05) is 41.9 Å². The predicted octanol–water partition coefficient (Wildman–Crippen LogP) is 1.57. The highest BCUT2D eigenvalue weighted by Crippen LogP contribution is 2.05. The Morgan fingerprint density at radius 2 is 1.86 bits per heavy atom. The SMILES string of the molecule is CC(=O)N[C@@H](Cl)C(=O)c1ccccc1. The van der Waals surface area contributed by atoms with E-state index in [-0.39, 0.29) is 11.7 Å². The summed E-state index contributed by atoms with van der Waals surface area (Å²) in [6, 6.07) is 8.59. The topological polar surface area (TPSA) is 46.2 Å². The van der Waals surface area contributed by atoms with Gasteiger partial charge in [-0.2, -0.15) is 0 Å². The Kier molecular flexibility index (Phi) is 3.65. The van der Waals surface area contributed by atoms with Crippen molar-refractivity contribution in [3.05, 3.63) is 35.9 Å². The van der Waals surface area contributed by atoms with Crippen molar-refractivity contribution >= 4 is 23.3 Å². The van der Waals surface area contributed by atoms with Gasteiger partial charge in [0.05, 0.1) is 0 Å². The van der Waals surface area contributed by atoms with E-state index in [1.54, 1.807) is 30.3 Å². The number of benzene rings is 1. The molecule has 74 valence electrons. The zero-order chi connectivity index (χ0) is 10.6. The number of hydrogen-bond donors (Lipinski definition) is 1. The van der Waals surface area contributed by atoms with Gasteiger partial charge in [0.2, 0.25) is 5.91 Å². The zero-order valence-electron chi connectivity index (χ0n) is 7.66. The number of nitrogens with one attached hydrogen (secondary N) is 1. The Morgan fingerprint density at radius 3 is 2.36 bits per heavy atom. The second-order valence-corrected chi connectivity index (χ2v) is 3.23. The molecule has 1 rings (SSSR count). The number of alkyl halides is 1. The van der Waals surface area contributed by atoms with Gasteiger partial charge in [-0.05, 0) is 0 Å². The molecule has 0 saturated carbocycles. The van der Waals surface area contributed by atoms with E-state index in [9.17, 15) is 9.59 Å². The number of amides is 1. The Morgan fingerprint density at radius 1 is 1.29 bits per heavy atom. The van der Waals surface area contributed by atoms with Crippen molar-refractivity contribution in [2.45, 2.75) is 12.4 Å². The van der Waals surface area contributed by atoms with Gasteiger partial charge in [0, 0.05) is 12.5 Å². The molecule has 1 amide bonds. The number of hydrogen-bond acceptors (Lipinski definition) is 2. The number of carbonyl (C=O) groups is 2.